The Morgan fingerprint density at radius 3 is 2.22 bits per heavy atom. The van der Waals surface area contributed by atoms with Crippen LogP contribution in [0.25, 0.3) is 11.6 Å². The molecule has 3 heterocycles. The number of hydrogen-bond acceptors (Lipinski definition) is 7. The third-order valence-electron chi connectivity index (χ3n) is 5.31. The van der Waals surface area contributed by atoms with Crippen LogP contribution in [0.5, 0.6) is 0 Å². The van der Waals surface area contributed by atoms with Crippen LogP contribution in [0.15, 0.2) is 57.4 Å². The Balaban J connectivity index is 1.72. The highest BCUT2D eigenvalue weighted by atomic mass is 16.3. The number of nitrogens with zero attached hydrogens (tertiary/aromatic N) is 5. The van der Waals surface area contributed by atoms with Crippen LogP contribution in [-0.4, -0.2) is 37.6 Å². The molecule has 4 rings (SSSR count). The van der Waals surface area contributed by atoms with Gasteiger partial charge < -0.3 is 14.2 Å². The van der Waals surface area contributed by atoms with Crippen molar-refractivity contribution in [2.75, 3.05) is 4.90 Å². The molecule has 2 amide bonds. The fraction of sp³-hybridized carbons (Fsp3) is 0.346. The highest BCUT2D eigenvalue weighted by Gasteiger charge is 2.37. The molecule has 0 aliphatic rings. The zero-order chi connectivity index (χ0) is 26.0. The quantitative estimate of drug-likeness (QED) is 0.413. The Hall–Kier alpha value is -4.21. The Morgan fingerprint density at radius 2 is 1.64 bits per heavy atom. The summed E-state index contributed by atoms with van der Waals surface area (Å²) in [4.78, 5) is 30.0. The van der Waals surface area contributed by atoms with Crippen LogP contribution in [0.1, 0.15) is 49.7 Å². The molecule has 10 heteroatoms. The van der Waals surface area contributed by atoms with Gasteiger partial charge in [-0.25, -0.2) is 0 Å². The smallest absolute Gasteiger partial charge is 0.251 e. The Bertz CT molecular complexity index is 1360. The number of carbonyl (C=O) groups excluding carboxylic acids is 2. The molecule has 1 atom stereocenters. The third kappa shape index (κ3) is 5.70. The van der Waals surface area contributed by atoms with Crippen LogP contribution in [-0.2, 0) is 16.1 Å². The van der Waals surface area contributed by atoms with Crippen molar-refractivity contribution in [1.29, 1.82) is 0 Å². The standard InChI is InChI=1S/C26H30N6O4/c1-16-7-11-19(12-8-16)32(23(20-13-9-17(2)35-20)25(34)27-26(4,5)6)22(33)15-31-29-24(28-30-31)21-14-10-18(3)36-21/h7-14,23H,15H2,1-6H3,(H,27,34)/t23-/m1/s1. The predicted molar refractivity (Wildman–Crippen MR) is 133 cm³/mol. The molecule has 0 aliphatic carbocycles. The van der Waals surface area contributed by atoms with Gasteiger partial charge in [0.25, 0.3) is 11.8 Å². The van der Waals surface area contributed by atoms with Gasteiger partial charge in [-0.15, -0.1) is 10.2 Å². The van der Waals surface area contributed by atoms with E-state index in [4.69, 9.17) is 8.83 Å². The lowest BCUT2D eigenvalue weighted by Crippen LogP contribution is -2.50. The summed E-state index contributed by atoms with van der Waals surface area (Å²) in [6.45, 7) is 10.9. The molecule has 0 saturated heterocycles. The number of hydrogen-bond donors (Lipinski definition) is 1. The number of carbonyl (C=O) groups is 2. The summed E-state index contributed by atoms with van der Waals surface area (Å²) in [6, 6.07) is 13.3. The maximum atomic E-state index is 13.8. The summed E-state index contributed by atoms with van der Waals surface area (Å²) in [5.41, 5.74) is 1.03. The van der Waals surface area contributed by atoms with E-state index in [2.05, 4.69) is 20.7 Å². The number of rotatable bonds is 7. The van der Waals surface area contributed by atoms with Gasteiger partial charge in [0, 0.05) is 11.2 Å². The molecule has 0 bridgehead atoms. The molecule has 36 heavy (non-hydrogen) atoms. The van der Waals surface area contributed by atoms with E-state index in [-0.39, 0.29) is 18.3 Å². The molecule has 10 nitrogen and oxygen atoms in total. The molecule has 188 valence electrons. The van der Waals surface area contributed by atoms with Gasteiger partial charge in [0.2, 0.25) is 5.82 Å². The number of aromatic nitrogens is 4. The molecule has 1 aromatic carbocycles. The van der Waals surface area contributed by atoms with E-state index in [0.29, 0.717) is 28.7 Å². The minimum absolute atomic E-state index is 0.250. The summed E-state index contributed by atoms with van der Waals surface area (Å²) in [6.07, 6.45) is 0. The molecule has 0 unspecified atom stereocenters. The Kier molecular flexibility index (Phi) is 6.78. The van der Waals surface area contributed by atoms with Gasteiger partial charge in [0.1, 0.15) is 23.8 Å². The van der Waals surface area contributed by atoms with E-state index in [1.165, 1.54) is 9.70 Å². The molecule has 0 spiro atoms. The fourth-order valence-corrected chi connectivity index (χ4v) is 3.72. The zero-order valence-electron chi connectivity index (χ0n) is 21.3. The largest absolute Gasteiger partial charge is 0.464 e. The summed E-state index contributed by atoms with van der Waals surface area (Å²) in [5, 5.41) is 15.3. The average Bonchev–Trinajstić information content (AvgIpc) is 3.53. The van der Waals surface area contributed by atoms with Gasteiger partial charge in [-0.1, -0.05) is 17.7 Å². The van der Waals surface area contributed by atoms with Gasteiger partial charge in [0.15, 0.2) is 11.8 Å². The molecule has 3 aromatic heterocycles. The van der Waals surface area contributed by atoms with Gasteiger partial charge in [0.05, 0.1) is 0 Å². The zero-order valence-corrected chi connectivity index (χ0v) is 21.3. The Morgan fingerprint density at radius 1 is 0.972 bits per heavy atom. The van der Waals surface area contributed by atoms with Crippen molar-refractivity contribution in [2.24, 2.45) is 0 Å². The second-order valence-corrected chi connectivity index (χ2v) is 9.74. The van der Waals surface area contributed by atoms with Crippen molar-refractivity contribution in [1.82, 2.24) is 25.5 Å². The monoisotopic (exact) mass is 490 g/mol. The van der Waals surface area contributed by atoms with Crippen molar-refractivity contribution in [3.05, 3.63) is 71.4 Å². The second-order valence-electron chi connectivity index (χ2n) is 9.74. The number of benzene rings is 1. The van der Waals surface area contributed by atoms with Crippen molar-refractivity contribution >= 4 is 17.5 Å². The van der Waals surface area contributed by atoms with E-state index in [0.717, 1.165) is 5.56 Å². The van der Waals surface area contributed by atoms with Gasteiger partial charge >= 0.3 is 0 Å². The molecule has 0 radical (unpaired) electrons. The van der Waals surface area contributed by atoms with Crippen molar-refractivity contribution in [3.63, 3.8) is 0 Å². The van der Waals surface area contributed by atoms with Gasteiger partial charge in [-0.05, 0) is 83.2 Å². The third-order valence-corrected chi connectivity index (χ3v) is 5.31. The molecule has 0 fully saturated rings. The van der Waals surface area contributed by atoms with E-state index in [9.17, 15) is 9.59 Å². The molecule has 0 aliphatic heterocycles. The highest BCUT2D eigenvalue weighted by molar-refractivity contribution is 6.01. The maximum Gasteiger partial charge on any atom is 0.251 e. The normalized spacial score (nSPS) is 12.4. The van der Waals surface area contributed by atoms with Crippen molar-refractivity contribution in [2.45, 2.75) is 59.7 Å². The van der Waals surface area contributed by atoms with Crippen LogP contribution >= 0.6 is 0 Å². The molecule has 4 aromatic rings. The topological polar surface area (TPSA) is 119 Å². The first kappa shape index (κ1) is 24.9. The number of anilines is 1. The molecule has 1 N–H and O–H groups in total. The second kappa shape index (κ2) is 9.80. The van der Waals surface area contributed by atoms with Crippen molar-refractivity contribution in [3.8, 4) is 11.6 Å². The van der Waals surface area contributed by atoms with Crippen LogP contribution < -0.4 is 10.2 Å². The van der Waals surface area contributed by atoms with Crippen LogP contribution in [0.2, 0.25) is 0 Å². The minimum atomic E-state index is -1.05. The predicted octanol–water partition coefficient (Wildman–Crippen LogP) is 4.14. The molecular formula is C26H30N6O4. The summed E-state index contributed by atoms with van der Waals surface area (Å²) >= 11 is 0. The number of aryl methyl sites for hydroxylation is 3. The molecule has 0 saturated carbocycles. The van der Waals surface area contributed by atoms with Gasteiger partial charge in [-0.3, -0.25) is 14.5 Å². The van der Waals surface area contributed by atoms with Crippen LogP contribution in [0.4, 0.5) is 5.69 Å². The van der Waals surface area contributed by atoms with E-state index < -0.39 is 17.5 Å². The lowest BCUT2D eigenvalue weighted by molar-refractivity contribution is -0.128. The number of furan rings is 2. The number of nitrogens with one attached hydrogen (secondary N) is 1. The summed E-state index contributed by atoms with van der Waals surface area (Å²) < 4.78 is 11.4. The number of tetrazole rings is 1. The van der Waals surface area contributed by atoms with Gasteiger partial charge in [-0.2, -0.15) is 4.80 Å². The fourth-order valence-electron chi connectivity index (χ4n) is 3.72. The minimum Gasteiger partial charge on any atom is -0.464 e. The first-order chi connectivity index (χ1) is 17.0. The number of amides is 2. The summed E-state index contributed by atoms with van der Waals surface area (Å²) in [5.74, 6) is 1.62. The maximum absolute atomic E-state index is 13.8. The SMILES string of the molecule is Cc1ccc(N(C(=O)Cn2nnc(-c3ccc(C)o3)n2)[C@@H](C(=O)NC(C)(C)C)c2ccc(C)o2)cc1. The van der Waals surface area contributed by atoms with Crippen LogP contribution in [0, 0.1) is 20.8 Å². The first-order valence-corrected chi connectivity index (χ1v) is 11.6. The highest BCUT2D eigenvalue weighted by Crippen LogP contribution is 2.30. The van der Waals surface area contributed by atoms with E-state index >= 15 is 0 Å². The lowest BCUT2D eigenvalue weighted by Gasteiger charge is -2.32. The van der Waals surface area contributed by atoms with E-state index in [1.807, 2.05) is 46.8 Å². The molecular weight excluding hydrogens is 460 g/mol. The first-order valence-electron chi connectivity index (χ1n) is 11.6. The Labute approximate surface area is 209 Å². The summed E-state index contributed by atoms with van der Waals surface area (Å²) in [7, 11) is 0. The van der Waals surface area contributed by atoms with Crippen molar-refractivity contribution < 1.29 is 18.4 Å². The van der Waals surface area contributed by atoms with E-state index in [1.54, 1.807) is 43.3 Å². The van der Waals surface area contributed by atoms with Crippen LogP contribution in [0.3, 0.4) is 0 Å². The average molecular weight is 491 g/mol. The lowest BCUT2D eigenvalue weighted by atomic mass is 10.1.